The van der Waals surface area contributed by atoms with Gasteiger partial charge in [-0.05, 0) is 18.6 Å². The van der Waals surface area contributed by atoms with E-state index in [0.717, 1.165) is 5.56 Å². The van der Waals surface area contributed by atoms with Crippen LogP contribution in [0.3, 0.4) is 0 Å². The number of nitrogens with zero attached hydrogens (tertiary/aromatic N) is 3. The molecule has 0 saturated carbocycles. The molecule has 0 radical (unpaired) electrons. The summed E-state index contributed by atoms with van der Waals surface area (Å²) < 4.78 is 1.43. The van der Waals surface area contributed by atoms with Crippen LogP contribution < -0.4 is 0 Å². The Balaban J connectivity index is 2.49. The number of carboxylic acid groups (broad SMARTS) is 1. The Bertz CT molecular complexity index is 488. The van der Waals surface area contributed by atoms with Crippen LogP contribution in [-0.2, 0) is 0 Å². The van der Waals surface area contributed by atoms with Gasteiger partial charge >= 0.3 is 5.97 Å². The minimum atomic E-state index is -1.07. The van der Waals surface area contributed by atoms with Crippen LogP contribution in [0.2, 0.25) is 0 Å². The Morgan fingerprint density at radius 2 is 2.20 bits per heavy atom. The van der Waals surface area contributed by atoms with Gasteiger partial charge in [-0.1, -0.05) is 6.07 Å². The maximum Gasteiger partial charge on any atom is 0.372 e. The van der Waals surface area contributed by atoms with Crippen molar-refractivity contribution in [1.29, 1.82) is 0 Å². The van der Waals surface area contributed by atoms with Gasteiger partial charge in [0, 0.05) is 18.6 Å². The van der Waals surface area contributed by atoms with Crippen LogP contribution >= 0.6 is 0 Å². The summed E-state index contributed by atoms with van der Waals surface area (Å²) in [5.41, 5.74) is 1.02. The molecule has 2 aromatic rings. The summed E-state index contributed by atoms with van der Waals surface area (Å²) in [6, 6.07) is 3.62. The first-order valence-corrected chi connectivity index (χ1v) is 4.38. The molecule has 2 aromatic heterocycles. The lowest BCUT2D eigenvalue weighted by Crippen LogP contribution is -2.08. The van der Waals surface area contributed by atoms with Crippen molar-refractivity contribution in [2.45, 2.75) is 6.92 Å². The molecule has 1 N–H and O–H groups in total. The fourth-order valence-corrected chi connectivity index (χ4v) is 1.25. The molecule has 2 heterocycles. The summed E-state index contributed by atoms with van der Waals surface area (Å²) in [5.74, 6) is -0.552. The first-order chi connectivity index (χ1) is 7.18. The molecule has 0 spiro atoms. The van der Waals surface area contributed by atoms with Gasteiger partial charge in [0.1, 0.15) is 5.82 Å². The highest BCUT2D eigenvalue weighted by Crippen LogP contribution is 2.08. The zero-order chi connectivity index (χ0) is 10.8. The van der Waals surface area contributed by atoms with Crippen LogP contribution in [0.25, 0.3) is 5.82 Å². The van der Waals surface area contributed by atoms with E-state index in [4.69, 9.17) is 5.11 Å². The number of imidazole rings is 1. The normalized spacial score (nSPS) is 10.2. The van der Waals surface area contributed by atoms with Gasteiger partial charge in [0.2, 0.25) is 5.82 Å². The summed E-state index contributed by atoms with van der Waals surface area (Å²) in [6.07, 6.45) is 4.69. The topological polar surface area (TPSA) is 68.0 Å². The molecule has 5 heteroatoms. The highest BCUT2D eigenvalue weighted by atomic mass is 16.4. The number of rotatable bonds is 2. The molecule has 0 aromatic carbocycles. The molecule has 15 heavy (non-hydrogen) atoms. The molecule has 0 atom stereocenters. The number of carbonyl (C=O) groups is 1. The molecular weight excluding hydrogens is 194 g/mol. The van der Waals surface area contributed by atoms with Gasteiger partial charge in [0.15, 0.2) is 0 Å². The number of hydrogen-bond donors (Lipinski definition) is 1. The molecule has 5 nitrogen and oxygen atoms in total. The number of aryl methyl sites for hydroxylation is 1. The monoisotopic (exact) mass is 203 g/mol. The minimum absolute atomic E-state index is 0.0358. The SMILES string of the molecule is Cc1ccc(-n2ccnc2C(=O)O)nc1. The van der Waals surface area contributed by atoms with Gasteiger partial charge < -0.3 is 5.11 Å². The van der Waals surface area contributed by atoms with Crippen molar-refractivity contribution in [1.82, 2.24) is 14.5 Å². The Kier molecular flexibility index (Phi) is 2.21. The van der Waals surface area contributed by atoms with Crippen molar-refractivity contribution in [2.75, 3.05) is 0 Å². The van der Waals surface area contributed by atoms with Gasteiger partial charge in [-0.2, -0.15) is 0 Å². The third kappa shape index (κ3) is 1.71. The number of aromatic carboxylic acids is 1. The van der Waals surface area contributed by atoms with E-state index in [1.807, 2.05) is 13.0 Å². The van der Waals surface area contributed by atoms with Crippen LogP contribution in [0.1, 0.15) is 16.2 Å². The predicted molar refractivity (Wildman–Crippen MR) is 53.1 cm³/mol. The molecule has 0 fully saturated rings. The van der Waals surface area contributed by atoms with E-state index in [-0.39, 0.29) is 5.82 Å². The predicted octanol–water partition coefficient (Wildman–Crippen LogP) is 1.27. The van der Waals surface area contributed by atoms with Crippen molar-refractivity contribution in [3.05, 3.63) is 42.1 Å². The molecule has 2 rings (SSSR count). The average Bonchev–Trinajstić information content (AvgIpc) is 2.67. The third-order valence-electron chi connectivity index (χ3n) is 1.97. The summed E-state index contributed by atoms with van der Waals surface area (Å²) in [6.45, 7) is 1.92. The highest BCUT2D eigenvalue weighted by Gasteiger charge is 2.12. The molecule has 0 bridgehead atoms. The molecule has 0 aliphatic carbocycles. The first-order valence-electron chi connectivity index (χ1n) is 4.38. The van der Waals surface area contributed by atoms with Gasteiger partial charge in [0.05, 0.1) is 0 Å². The molecule has 0 aliphatic rings. The van der Waals surface area contributed by atoms with Gasteiger partial charge in [-0.15, -0.1) is 0 Å². The third-order valence-corrected chi connectivity index (χ3v) is 1.97. The second kappa shape index (κ2) is 3.53. The molecule has 0 amide bonds. The lowest BCUT2D eigenvalue weighted by molar-refractivity contribution is 0.0681. The minimum Gasteiger partial charge on any atom is -0.475 e. The smallest absolute Gasteiger partial charge is 0.372 e. The van der Waals surface area contributed by atoms with E-state index in [9.17, 15) is 4.79 Å². The quantitative estimate of drug-likeness (QED) is 0.798. The van der Waals surface area contributed by atoms with E-state index >= 15 is 0 Å². The second-order valence-corrected chi connectivity index (χ2v) is 3.12. The summed E-state index contributed by atoms with van der Waals surface area (Å²) >= 11 is 0. The van der Waals surface area contributed by atoms with Gasteiger partial charge in [-0.3, -0.25) is 4.57 Å². The Hall–Kier alpha value is -2.17. The number of carboxylic acids is 1. The standard InChI is InChI=1S/C10H9N3O2/c1-7-2-3-8(12-6-7)13-5-4-11-9(13)10(14)15/h2-6H,1H3,(H,14,15). The summed E-state index contributed by atoms with van der Waals surface area (Å²) in [4.78, 5) is 18.7. The van der Waals surface area contributed by atoms with E-state index in [1.54, 1.807) is 18.5 Å². The summed E-state index contributed by atoms with van der Waals surface area (Å²) in [7, 11) is 0. The highest BCUT2D eigenvalue weighted by molar-refractivity contribution is 5.84. The Labute approximate surface area is 86.0 Å². The van der Waals surface area contributed by atoms with Crippen molar-refractivity contribution in [3.63, 3.8) is 0 Å². The van der Waals surface area contributed by atoms with E-state index in [2.05, 4.69) is 9.97 Å². The molecule has 0 saturated heterocycles. The van der Waals surface area contributed by atoms with Crippen molar-refractivity contribution in [2.24, 2.45) is 0 Å². The zero-order valence-corrected chi connectivity index (χ0v) is 8.08. The maximum atomic E-state index is 10.8. The fraction of sp³-hybridized carbons (Fsp3) is 0.100. The van der Waals surface area contributed by atoms with E-state index in [0.29, 0.717) is 5.82 Å². The Morgan fingerprint density at radius 1 is 1.40 bits per heavy atom. The first kappa shape index (κ1) is 9.39. The lowest BCUT2D eigenvalue weighted by atomic mass is 10.3. The maximum absolute atomic E-state index is 10.8. The van der Waals surface area contributed by atoms with Crippen LogP contribution in [0.4, 0.5) is 0 Å². The van der Waals surface area contributed by atoms with E-state index in [1.165, 1.54) is 10.8 Å². The molecular formula is C10H9N3O2. The van der Waals surface area contributed by atoms with Crippen molar-refractivity contribution < 1.29 is 9.90 Å². The van der Waals surface area contributed by atoms with Crippen molar-refractivity contribution in [3.8, 4) is 5.82 Å². The van der Waals surface area contributed by atoms with Gasteiger partial charge in [0.25, 0.3) is 0 Å². The van der Waals surface area contributed by atoms with Crippen LogP contribution in [0.15, 0.2) is 30.7 Å². The van der Waals surface area contributed by atoms with Crippen molar-refractivity contribution >= 4 is 5.97 Å². The lowest BCUT2D eigenvalue weighted by Gasteiger charge is -2.03. The van der Waals surface area contributed by atoms with Crippen LogP contribution in [0.5, 0.6) is 0 Å². The van der Waals surface area contributed by atoms with Crippen LogP contribution in [0, 0.1) is 6.92 Å². The number of pyridine rings is 1. The zero-order valence-electron chi connectivity index (χ0n) is 8.08. The Morgan fingerprint density at radius 3 is 2.80 bits per heavy atom. The van der Waals surface area contributed by atoms with Gasteiger partial charge in [-0.25, -0.2) is 14.8 Å². The molecule has 76 valence electrons. The molecule has 0 unspecified atom stereocenters. The van der Waals surface area contributed by atoms with Crippen LogP contribution in [-0.4, -0.2) is 25.6 Å². The largest absolute Gasteiger partial charge is 0.475 e. The summed E-state index contributed by atoms with van der Waals surface area (Å²) in [5, 5.41) is 8.86. The fourth-order valence-electron chi connectivity index (χ4n) is 1.25. The second-order valence-electron chi connectivity index (χ2n) is 3.12. The number of hydrogen-bond acceptors (Lipinski definition) is 3. The number of aromatic nitrogens is 3. The average molecular weight is 203 g/mol. The van der Waals surface area contributed by atoms with E-state index < -0.39 is 5.97 Å². The molecule has 0 aliphatic heterocycles.